The van der Waals surface area contributed by atoms with Crippen LogP contribution in [0.15, 0.2) is 48.8 Å². The highest BCUT2D eigenvalue weighted by Crippen LogP contribution is 2.23. The molecule has 1 saturated heterocycles. The minimum Gasteiger partial charge on any atom is -0.391 e. The van der Waals surface area contributed by atoms with Crippen LogP contribution < -0.4 is 0 Å². The quantitative estimate of drug-likeness (QED) is 0.694. The number of methoxy groups -OCH3 is 1. The molecule has 3 heterocycles. The Morgan fingerprint density at radius 3 is 2.96 bits per heavy atom. The van der Waals surface area contributed by atoms with Crippen molar-refractivity contribution < 1.29 is 9.84 Å². The Morgan fingerprint density at radius 1 is 1.19 bits per heavy atom. The summed E-state index contributed by atoms with van der Waals surface area (Å²) in [4.78, 5) is 11.5. The van der Waals surface area contributed by atoms with Crippen LogP contribution in [-0.2, 0) is 24.2 Å². The van der Waals surface area contributed by atoms with Gasteiger partial charge in [-0.15, -0.1) is 0 Å². The van der Waals surface area contributed by atoms with E-state index in [0.29, 0.717) is 13.2 Å². The number of likely N-dealkylation sites (tertiary alicyclic amines) is 1. The topological polar surface area (TPSA) is 63.4 Å². The van der Waals surface area contributed by atoms with Gasteiger partial charge in [-0.3, -0.25) is 9.88 Å². The van der Waals surface area contributed by atoms with E-state index < -0.39 is 0 Å². The summed E-state index contributed by atoms with van der Waals surface area (Å²) in [6.45, 7) is 3.74. The van der Waals surface area contributed by atoms with Gasteiger partial charge in [-0.25, -0.2) is 4.98 Å². The fourth-order valence-electron chi connectivity index (χ4n) is 3.85. The predicted molar refractivity (Wildman–Crippen MR) is 104 cm³/mol. The van der Waals surface area contributed by atoms with Crippen LogP contribution in [0.25, 0.3) is 10.9 Å². The molecule has 0 spiro atoms. The molecular formula is C21H26N4O2. The van der Waals surface area contributed by atoms with Crippen LogP contribution in [0.5, 0.6) is 0 Å². The molecular weight excluding hydrogens is 340 g/mol. The second kappa shape index (κ2) is 8.17. The first-order valence-corrected chi connectivity index (χ1v) is 9.47. The molecule has 2 atom stereocenters. The number of para-hydroxylation sites is 1. The molecule has 1 aliphatic rings. The zero-order chi connectivity index (χ0) is 18.6. The predicted octanol–water partition coefficient (Wildman–Crippen LogP) is 2.11. The van der Waals surface area contributed by atoms with E-state index >= 15 is 0 Å². The lowest BCUT2D eigenvalue weighted by Gasteiger charge is -2.16. The molecule has 6 nitrogen and oxygen atoms in total. The van der Waals surface area contributed by atoms with Crippen LogP contribution >= 0.6 is 0 Å². The van der Waals surface area contributed by atoms with Crippen molar-refractivity contribution in [3.05, 3.63) is 60.3 Å². The van der Waals surface area contributed by atoms with Crippen molar-refractivity contribution >= 4 is 10.9 Å². The summed E-state index contributed by atoms with van der Waals surface area (Å²) in [6.07, 6.45) is 4.27. The molecule has 27 heavy (non-hydrogen) atoms. The van der Waals surface area contributed by atoms with Gasteiger partial charge in [0.2, 0.25) is 0 Å². The molecule has 0 bridgehead atoms. The van der Waals surface area contributed by atoms with Crippen molar-refractivity contribution in [2.75, 3.05) is 26.8 Å². The molecule has 3 aromatic rings. The van der Waals surface area contributed by atoms with Crippen LogP contribution in [0.3, 0.4) is 0 Å². The van der Waals surface area contributed by atoms with Gasteiger partial charge in [-0.2, -0.15) is 0 Å². The van der Waals surface area contributed by atoms with Gasteiger partial charge in [-0.1, -0.05) is 24.3 Å². The fraction of sp³-hybridized carbons (Fsp3) is 0.429. The lowest BCUT2D eigenvalue weighted by Crippen LogP contribution is -2.24. The number of rotatable bonds is 7. The highest BCUT2D eigenvalue weighted by atomic mass is 16.5. The normalized spacial score (nSPS) is 20.5. The first kappa shape index (κ1) is 18.1. The minimum absolute atomic E-state index is 0.195. The lowest BCUT2D eigenvalue weighted by atomic mass is 9.99. The number of imidazole rings is 1. The Hall–Kier alpha value is -2.28. The third kappa shape index (κ3) is 4.18. The molecule has 6 heteroatoms. The lowest BCUT2D eigenvalue weighted by molar-refractivity contribution is 0.140. The van der Waals surface area contributed by atoms with Crippen molar-refractivity contribution in [2.24, 2.45) is 5.92 Å². The summed E-state index contributed by atoms with van der Waals surface area (Å²) < 4.78 is 7.28. The maximum Gasteiger partial charge on any atom is 0.122 e. The summed E-state index contributed by atoms with van der Waals surface area (Å²) in [7, 11) is 1.71. The third-order valence-electron chi connectivity index (χ3n) is 5.31. The summed E-state index contributed by atoms with van der Waals surface area (Å²) in [5.41, 5.74) is 2.06. The Labute approximate surface area is 159 Å². The van der Waals surface area contributed by atoms with Crippen molar-refractivity contribution in [3.8, 4) is 0 Å². The van der Waals surface area contributed by atoms with Gasteiger partial charge in [0.25, 0.3) is 0 Å². The molecule has 0 amide bonds. The van der Waals surface area contributed by atoms with Crippen LogP contribution in [0.4, 0.5) is 0 Å². The molecule has 2 aromatic heterocycles. The largest absolute Gasteiger partial charge is 0.391 e. The fourth-order valence-corrected chi connectivity index (χ4v) is 3.85. The van der Waals surface area contributed by atoms with Crippen molar-refractivity contribution in [2.45, 2.75) is 25.6 Å². The number of hydrogen-bond donors (Lipinski definition) is 1. The van der Waals surface area contributed by atoms with Crippen LogP contribution in [-0.4, -0.2) is 57.5 Å². The summed E-state index contributed by atoms with van der Waals surface area (Å²) in [5, 5.41) is 11.7. The van der Waals surface area contributed by atoms with E-state index in [1.54, 1.807) is 7.11 Å². The Balaban J connectivity index is 1.40. The van der Waals surface area contributed by atoms with E-state index in [1.807, 2.05) is 30.6 Å². The minimum atomic E-state index is -0.333. The SMILES string of the molecule is COCCn1ccnc1CN1C[C@@H](Cc2ccc3ccccc3n2)[C@H](O)C1. The summed E-state index contributed by atoms with van der Waals surface area (Å²) in [6, 6.07) is 12.3. The van der Waals surface area contributed by atoms with E-state index in [2.05, 4.69) is 32.7 Å². The highest BCUT2D eigenvalue weighted by Gasteiger charge is 2.32. The molecule has 1 N–H and O–H groups in total. The van der Waals surface area contributed by atoms with Crippen LogP contribution in [0.1, 0.15) is 11.5 Å². The summed E-state index contributed by atoms with van der Waals surface area (Å²) in [5.74, 6) is 1.21. The average Bonchev–Trinajstić information content (AvgIpc) is 3.26. The second-order valence-electron chi connectivity index (χ2n) is 7.25. The molecule has 0 radical (unpaired) electrons. The number of ether oxygens (including phenoxy) is 1. The summed E-state index contributed by atoms with van der Waals surface area (Å²) >= 11 is 0. The first-order chi connectivity index (χ1) is 13.2. The first-order valence-electron chi connectivity index (χ1n) is 9.47. The Kier molecular flexibility index (Phi) is 5.48. The number of β-amino-alcohol motifs (C(OH)–C–C–N with tert-alkyl or cyclic N) is 1. The van der Waals surface area contributed by atoms with E-state index in [9.17, 15) is 5.11 Å². The monoisotopic (exact) mass is 366 g/mol. The van der Waals surface area contributed by atoms with E-state index in [1.165, 1.54) is 0 Å². The molecule has 0 saturated carbocycles. The smallest absolute Gasteiger partial charge is 0.122 e. The Bertz CT molecular complexity index is 895. The Morgan fingerprint density at radius 2 is 2.07 bits per heavy atom. The number of aliphatic hydroxyl groups is 1. The number of pyridine rings is 1. The van der Waals surface area contributed by atoms with Gasteiger partial charge in [-0.05, 0) is 18.6 Å². The number of fused-ring (bicyclic) bond motifs is 1. The second-order valence-corrected chi connectivity index (χ2v) is 7.25. The zero-order valence-corrected chi connectivity index (χ0v) is 15.7. The molecule has 1 aliphatic heterocycles. The van der Waals surface area contributed by atoms with Gasteiger partial charge in [0.1, 0.15) is 5.82 Å². The third-order valence-corrected chi connectivity index (χ3v) is 5.31. The van der Waals surface area contributed by atoms with Crippen molar-refractivity contribution in [1.82, 2.24) is 19.4 Å². The number of aromatic nitrogens is 3. The van der Waals surface area contributed by atoms with Crippen molar-refractivity contribution in [1.29, 1.82) is 0 Å². The molecule has 142 valence electrons. The average molecular weight is 366 g/mol. The molecule has 1 aromatic carbocycles. The van der Waals surface area contributed by atoms with E-state index in [0.717, 1.165) is 48.5 Å². The van der Waals surface area contributed by atoms with Crippen molar-refractivity contribution in [3.63, 3.8) is 0 Å². The van der Waals surface area contributed by atoms with Gasteiger partial charge < -0.3 is 14.4 Å². The van der Waals surface area contributed by atoms with Gasteiger partial charge in [0.15, 0.2) is 0 Å². The molecule has 0 aliphatic carbocycles. The molecule has 1 fully saturated rings. The van der Waals surface area contributed by atoms with Crippen LogP contribution in [0.2, 0.25) is 0 Å². The number of aliphatic hydroxyl groups excluding tert-OH is 1. The number of hydrogen-bond acceptors (Lipinski definition) is 5. The van der Waals surface area contributed by atoms with E-state index in [4.69, 9.17) is 9.72 Å². The van der Waals surface area contributed by atoms with Gasteiger partial charge in [0, 0.05) is 56.1 Å². The number of nitrogens with zero attached hydrogens (tertiary/aromatic N) is 4. The van der Waals surface area contributed by atoms with Crippen LogP contribution in [0, 0.1) is 5.92 Å². The van der Waals surface area contributed by atoms with Gasteiger partial charge in [0.05, 0.1) is 24.8 Å². The standard InChI is InChI=1S/C21H26N4O2/c1-27-11-10-25-9-8-22-21(25)15-24-13-17(20(26)14-24)12-18-7-6-16-4-2-3-5-19(16)23-18/h2-9,17,20,26H,10-15H2,1H3/t17-,20-/m1/s1. The number of benzene rings is 1. The van der Waals surface area contributed by atoms with Gasteiger partial charge >= 0.3 is 0 Å². The van der Waals surface area contributed by atoms with E-state index in [-0.39, 0.29) is 12.0 Å². The molecule has 0 unspecified atom stereocenters. The maximum atomic E-state index is 10.6. The maximum absolute atomic E-state index is 10.6. The molecule has 4 rings (SSSR count). The zero-order valence-electron chi connectivity index (χ0n) is 15.7. The highest BCUT2D eigenvalue weighted by molar-refractivity contribution is 5.78.